The van der Waals surface area contributed by atoms with E-state index in [0.717, 1.165) is 5.56 Å². The van der Waals surface area contributed by atoms with Crippen LogP contribution in [0.4, 0.5) is 0 Å². The minimum atomic E-state index is -1.02. The van der Waals surface area contributed by atoms with Gasteiger partial charge in [0.25, 0.3) is 5.91 Å². The number of aromatic hydroxyl groups is 1. The summed E-state index contributed by atoms with van der Waals surface area (Å²) in [6.07, 6.45) is 1.83. The number of hydrogen-bond acceptors (Lipinski definition) is 4. The van der Waals surface area contributed by atoms with Gasteiger partial charge in [0.2, 0.25) is 5.91 Å². The molecule has 3 N–H and O–H groups in total. The number of phenols is 1. The molecule has 0 saturated carbocycles. The van der Waals surface area contributed by atoms with Crippen LogP contribution in [-0.4, -0.2) is 52.2 Å². The smallest absolute Gasteiger partial charge is 0.251 e. The summed E-state index contributed by atoms with van der Waals surface area (Å²) in [5, 5.41) is 23.2. The van der Waals surface area contributed by atoms with Crippen molar-refractivity contribution in [2.45, 2.75) is 31.3 Å². The lowest BCUT2D eigenvalue weighted by atomic mass is 9.94. The van der Waals surface area contributed by atoms with Gasteiger partial charge in [-0.1, -0.05) is 30.3 Å². The lowest BCUT2D eigenvalue weighted by Crippen LogP contribution is -2.44. The Balaban J connectivity index is 1.53. The van der Waals surface area contributed by atoms with E-state index < -0.39 is 5.60 Å². The van der Waals surface area contributed by atoms with Crippen molar-refractivity contribution in [1.82, 2.24) is 10.2 Å². The third-order valence-electron chi connectivity index (χ3n) is 5.15. The zero-order valence-corrected chi connectivity index (χ0v) is 15.8. The van der Waals surface area contributed by atoms with E-state index in [2.05, 4.69) is 5.32 Å². The second-order valence-electron chi connectivity index (χ2n) is 7.35. The number of hydrogen-bond donors (Lipinski definition) is 3. The molecule has 148 valence electrons. The van der Waals surface area contributed by atoms with Crippen LogP contribution in [0, 0.1) is 0 Å². The molecule has 2 aromatic rings. The maximum atomic E-state index is 12.6. The molecule has 1 atom stereocenters. The first-order valence-electron chi connectivity index (χ1n) is 9.56. The van der Waals surface area contributed by atoms with Gasteiger partial charge in [0.05, 0.1) is 12.0 Å². The van der Waals surface area contributed by atoms with Gasteiger partial charge in [-0.3, -0.25) is 9.59 Å². The van der Waals surface area contributed by atoms with E-state index in [0.29, 0.717) is 37.9 Å². The molecule has 28 heavy (non-hydrogen) atoms. The number of nitrogens with one attached hydrogen (secondary N) is 1. The third-order valence-corrected chi connectivity index (χ3v) is 5.15. The molecule has 1 heterocycles. The van der Waals surface area contributed by atoms with Gasteiger partial charge in [-0.15, -0.1) is 0 Å². The van der Waals surface area contributed by atoms with Gasteiger partial charge in [-0.2, -0.15) is 0 Å². The highest BCUT2D eigenvalue weighted by molar-refractivity contribution is 5.94. The van der Waals surface area contributed by atoms with Crippen molar-refractivity contribution in [3.63, 3.8) is 0 Å². The van der Waals surface area contributed by atoms with Crippen LogP contribution in [0.1, 0.15) is 35.2 Å². The highest BCUT2D eigenvalue weighted by Gasteiger charge is 2.32. The Morgan fingerprint density at radius 1 is 1.04 bits per heavy atom. The summed E-state index contributed by atoms with van der Waals surface area (Å²) in [6, 6.07) is 15.6. The summed E-state index contributed by atoms with van der Waals surface area (Å²) in [6.45, 7) is 1.18. The molecule has 2 aromatic carbocycles. The Bertz CT molecular complexity index is 824. The first-order valence-corrected chi connectivity index (χ1v) is 9.56. The SMILES string of the molecule is O=C(NC[C@]1(O)CCCN(C(=O)Cc2cccc(O)c2)CC1)c1ccccc1. The lowest BCUT2D eigenvalue weighted by Gasteiger charge is -2.27. The fourth-order valence-corrected chi connectivity index (χ4v) is 3.49. The second kappa shape index (κ2) is 8.89. The molecule has 0 aromatic heterocycles. The quantitative estimate of drug-likeness (QED) is 0.739. The molecule has 1 saturated heterocycles. The predicted octanol–water partition coefficient (Wildman–Crippen LogP) is 2.11. The zero-order valence-electron chi connectivity index (χ0n) is 15.8. The van der Waals surface area contributed by atoms with Crippen LogP contribution < -0.4 is 5.32 Å². The average Bonchev–Trinajstić information content (AvgIpc) is 2.89. The van der Waals surface area contributed by atoms with Crippen molar-refractivity contribution in [1.29, 1.82) is 0 Å². The van der Waals surface area contributed by atoms with Gasteiger partial charge in [0.1, 0.15) is 5.75 Å². The molecule has 0 spiro atoms. The molecule has 0 bridgehead atoms. The topological polar surface area (TPSA) is 89.9 Å². The van der Waals surface area contributed by atoms with Gasteiger partial charge in [0, 0.05) is 25.2 Å². The van der Waals surface area contributed by atoms with Crippen LogP contribution in [-0.2, 0) is 11.2 Å². The number of phenolic OH excluding ortho intramolecular Hbond substituents is 1. The number of rotatable bonds is 5. The Morgan fingerprint density at radius 2 is 1.82 bits per heavy atom. The van der Waals surface area contributed by atoms with Gasteiger partial charge < -0.3 is 20.4 Å². The van der Waals surface area contributed by atoms with E-state index in [-0.39, 0.29) is 30.5 Å². The summed E-state index contributed by atoms with van der Waals surface area (Å²) >= 11 is 0. The first kappa shape index (κ1) is 19.9. The Hall–Kier alpha value is -2.86. The van der Waals surface area contributed by atoms with Crippen molar-refractivity contribution in [2.75, 3.05) is 19.6 Å². The Labute approximate surface area is 164 Å². The number of carbonyl (C=O) groups is 2. The molecule has 6 heteroatoms. The minimum absolute atomic E-state index is 0.0248. The summed E-state index contributed by atoms with van der Waals surface area (Å²) in [7, 11) is 0. The van der Waals surface area contributed by atoms with Crippen molar-refractivity contribution >= 4 is 11.8 Å². The van der Waals surface area contributed by atoms with Crippen molar-refractivity contribution in [3.05, 3.63) is 65.7 Å². The van der Waals surface area contributed by atoms with Crippen LogP contribution >= 0.6 is 0 Å². The summed E-state index contributed by atoms with van der Waals surface area (Å²) in [4.78, 5) is 26.5. The monoisotopic (exact) mass is 382 g/mol. The van der Waals surface area contributed by atoms with E-state index in [4.69, 9.17) is 0 Å². The normalized spacial score (nSPS) is 19.7. The summed E-state index contributed by atoms with van der Waals surface area (Å²) < 4.78 is 0. The molecule has 0 unspecified atom stereocenters. The molecule has 2 amide bonds. The number of amides is 2. The Morgan fingerprint density at radius 3 is 2.57 bits per heavy atom. The van der Waals surface area contributed by atoms with E-state index >= 15 is 0 Å². The van der Waals surface area contributed by atoms with Crippen LogP contribution in [0.3, 0.4) is 0 Å². The van der Waals surface area contributed by atoms with Crippen LogP contribution in [0.5, 0.6) is 5.75 Å². The number of carbonyl (C=O) groups excluding carboxylic acids is 2. The number of nitrogens with zero attached hydrogens (tertiary/aromatic N) is 1. The van der Waals surface area contributed by atoms with E-state index in [9.17, 15) is 19.8 Å². The molecule has 6 nitrogen and oxygen atoms in total. The van der Waals surface area contributed by atoms with Gasteiger partial charge >= 0.3 is 0 Å². The Kier molecular flexibility index (Phi) is 6.31. The molecule has 1 fully saturated rings. The maximum absolute atomic E-state index is 12.6. The highest BCUT2D eigenvalue weighted by atomic mass is 16.3. The standard InChI is InChI=1S/C22H26N2O4/c25-19-9-4-6-17(14-19)15-20(26)24-12-5-10-22(28,11-13-24)16-23-21(27)18-7-2-1-3-8-18/h1-4,6-9,14,25,28H,5,10-13,15-16H2,(H,23,27)/t22-/m0/s1. The van der Waals surface area contributed by atoms with E-state index in [1.54, 1.807) is 47.4 Å². The van der Waals surface area contributed by atoms with E-state index in [1.165, 1.54) is 0 Å². The van der Waals surface area contributed by atoms with Gasteiger partial charge in [-0.25, -0.2) is 0 Å². The predicted molar refractivity (Wildman–Crippen MR) is 106 cm³/mol. The molecule has 1 aliphatic heterocycles. The zero-order chi connectivity index (χ0) is 20.0. The molecule has 1 aliphatic rings. The van der Waals surface area contributed by atoms with Crippen LogP contribution in [0.15, 0.2) is 54.6 Å². The van der Waals surface area contributed by atoms with Crippen molar-refractivity contribution in [3.8, 4) is 5.75 Å². The fourth-order valence-electron chi connectivity index (χ4n) is 3.49. The average molecular weight is 382 g/mol. The molecule has 0 radical (unpaired) electrons. The van der Waals surface area contributed by atoms with Crippen LogP contribution in [0.2, 0.25) is 0 Å². The maximum Gasteiger partial charge on any atom is 0.251 e. The third kappa shape index (κ3) is 5.33. The largest absolute Gasteiger partial charge is 0.508 e. The first-order chi connectivity index (χ1) is 13.5. The second-order valence-corrected chi connectivity index (χ2v) is 7.35. The molecular weight excluding hydrogens is 356 g/mol. The van der Waals surface area contributed by atoms with E-state index in [1.807, 2.05) is 12.1 Å². The van der Waals surface area contributed by atoms with Crippen LogP contribution in [0.25, 0.3) is 0 Å². The summed E-state index contributed by atoms with van der Waals surface area (Å²) in [5.41, 5.74) is 0.298. The fraction of sp³-hybridized carbons (Fsp3) is 0.364. The van der Waals surface area contributed by atoms with Crippen molar-refractivity contribution < 1.29 is 19.8 Å². The number of aliphatic hydroxyl groups is 1. The highest BCUT2D eigenvalue weighted by Crippen LogP contribution is 2.23. The molecular formula is C22H26N2O4. The molecule has 0 aliphatic carbocycles. The number of benzene rings is 2. The summed E-state index contributed by atoms with van der Waals surface area (Å²) in [5.74, 6) is -0.0945. The molecule has 3 rings (SSSR count). The minimum Gasteiger partial charge on any atom is -0.508 e. The number of likely N-dealkylation sites (tertiary alicyclic amines) is 1. The van der Waals surface area contributed by atoms with Gasteiger partial charge in [-0.05, 0) is 49.1 Å². The lowest BCUT2D eigenvalue weighted by molar-refractivity contribution is -0.130. The van der Waals surface area contributed by atoms with Gasteiger partial charge in [0.15, 0.2) is 0 Å². The van der Waals surface area contributed by atoms with Crippen molar-refractivity contribution in [2.24, 2.45) is 0 Å².